The molecule has 0 spiro atoms. The van der Waals surface area contributed by atoms with Crippen LogP contribution >= 0.6 is 11.8 Å². The maximum Gasteiger partial charge on any atom is 0.220 e. The first-order valence-electron chi connectivity index (χ1n) is 4.68. The van der Waals surface area contributed by atoms with E-state index in [9.17, 15) is 4.79 Å². The Hall–Kier alpha value is -0.220. The van der Waals surface area contributed by atoms with Gasteiger partial charge in [-0.2, -0.15) is 11.8 Å². The number of nitrogens with two attached hydrogens (primary N) is 1. The van der Waals surface area contributed by atoms with E-state index >= 15 is 0 Å². The molecule has 0 fully saturated rings. The Morgan fingerprint density at radius 2 is 2.31 bits per heavy atom. The summed E-state index contributed by atoms with van der Waals surface area (Å²) in [6, 6.07) is 0.173. The minimum absolute atomic E-state index is 0.148. The summed E-state index contributed by atoms with van der Waals surface area (Å²) in [6.45, 7) is 2.65. The molecule has 78 valence electrons. The zero-order valence-corrected chi connectivity index (χ0v) is 9.32. The normalized spacial score (nSPS) is 12.5. The third-order valence-corrected chi connectivity index (χ3v) is 2.37. The molecule has 4 heteroatoms. The molecule has 0 aliphatic heterocycles. The molecule has 1 unspecified atom stereocenters. The van der Waals surface area contributed by atoms with Gasteiger partial charge in [0, 0.05) is 19.0 Å². The minimum atomic E-state index is 0.148. The predicted octanol–water partition coefficient (Wildman–Crippen LogP) is 0.983. The van der Waals surface area contributed by atoms with Crippen LogP contribution < -0.4 is 11.1 Å². The average Bonchev–Trinajstić information content (AvgIpc) is 2.04. The molecule has 0 rings (SSSR count). The number of carbonyl (C=O) groups excluding carboxylic acids is 1. The summed E-state index contributed by atoms with van der Waals surface area (Å²) in [5.41, 5.74) is 5.55. The molecule has 0 aromatic carbocycles. The first-order valence-corrected chi connectivity index (χ1v) is 6.07. The molecule has 3 nitrogen and oxygen atoms in total. The molecular weight excluding hydrogens is 184 g/mol. The highest BCUT2D eigenvalue weighted by atomic mass is 32.2. The van der Waals surface area contributed by atoms with Gasteiger partial charge in [0.15, 0.2) is 0 Å². The second-order valence-corrected chi connectivity index (χ2v) is 4.20. The van der Waals surface area contributed by atoms with Crippen molar-refractivity contribution in [1.29, 1.82) is 0 Å². The third kappa shape index (κ3) is 9.70. The van der Waals surface area contributed by atoms with Gasteiger partial charge in [0.05, 0.1) is 0 Å². The summed E-state index contributed by atoms with van der Waals surface area (Å²) in [6.07, 6.45) is 4.51. The molecule has 13 heavy (non-hydrogen) atoms. The number of hydrogen-bond donors (Lipinski definition) is 2. The fourth-order valence-corrected chi connectivity index (χ4v) is 1.34. The molecule has 0 heterocycles. The highest BCUT2D eigenvalue weighted by Crippen LogP contribution is 1.98. The molecule has 0 aliphatic rings. The van der Waals surface area contributed by atoms with E-state index in [0.29, 0.717) is 13.0 Å². The van der Waals surface area contributed by atoms with E-state index in [4.69, 9.17) is 5.73 Å². The van der Waals surface area contributed by atoms with Crippen molar-refractivity contribution in [3.05, 3.63) is 0 Å². The van der Waals surface area contributed by atoms with Gasteiger partial charge >= 0.3 is 0 Å². The maximum atomic E-state index is 11.1. The van der Waals surface area contributed by atoms with Crippen molar-refractivity contribution in [1.82, 2.24) is 5.32 Å². The van der Waals surface area contributed by atoms with Crippen LogP contribution in [0, 0.1) is 0 Å². The average molecular weight is 204 g/mol. The molecule has 3 N–H and O–H groups in total. The lowest BCUT2D eigenvalue weighted by Crippen LogP contribution is -2.28. The standard InChI is InChI=1S/C9H20N2OS/c1-8(10)5-6-11-9(12)4-3-7-13-2/h8H,3-7,10H2,1-2H3,(H,11,12). The largest absolute Gasteiger partial charge is 0.356 e. The number of nitrogens with one attached hydrogen (secondary N) is 1. The molecule has 0 aromatic rings. The van der Waals surface area contributed by atoms with Gasteiger partial charge in [0.2, 0.25) is 5.91 Å². The molecular formula is C9H20N2OS. The van der Waals surface area contributed by atoms with Crippen LogP contribution in [-0.2, 0) is 4.79 Å². The summed E-state index contributed by atoms with van der Waals surface area (Å²) in [5, 5.41) is 2.84. The number of amides is 1. The lowest BCUT2D eigenvalue weighted by atomic mass is 10.2. The predicted molar refractivity (Wildman–Crippen MR) is 58.9 cm³/mol. The van der Waals surface area contributed by atoms with Crippen LogP contribution in [0.25, 0.3) is 0 Å². The number of thioether (sulfide) groups is 1. The summed E-state index contributed by atoms with van der Waals surface area (Å²) in [7, 11) is 0. The Morgan fingerprint density at radius 1 is 1.62 bits per heavy atom. The summed E-state index contributed by atoms with van der Waals surface area (Å²) >= 11 is 1.77. The number of carbonyl (C=O) groups is 1. The second-order valence-electron chi connectivity index (χ2n) is 3.21. The van der Waals surface area contributed by atoms with Gasteiger partial charge in [-0.1, -0.05) is 0 Å². The third-order valence-electron chi connectivity index (χ3n) is 1.67. The van der Waals surface area contributed by atoms with E-state index in [2.05, 4.69) is 5.32 Å². The number of rotatable bonds is 7. The molecule has 1 amide bonds. The van der Waals surface area contributed by atoms with E-state index in [0.717, 1.165) is 18.6 Å². The van der Waals surface area contributed by atoms with Gasteiger partial charge in [0.25, 0.3) is 0 Å². The van der Waals surface area contributed by atoms with Crippen LogP contribution in [0.1, 0.15) is 26.2 Å². The van der Waals surface area contributed by atoms with E-state index in [1.807, 2.05) is 13.2 Å². The molecule has 0 radical (unpaired) electrons. The Bertz CT molecular complexity index is 140. The van der Waals surface area contributed by atoms with Gasteiger partial charge in [-0.15, -0.1) is 0 Å². The monoisotopic (exact) mass is 204 g/mol. The van der Waals surface area contributed by atoms with E-state index in [-0.39, 0.29) is 11.9 Å². The zero-order chi connectivity index (χ0) is 10.1. The Labute approximate surface area is 84.8 Å². The van der Waals surface area contributed by atoms with Crippen LogP contribution in [0.15, 0.2) is 0 Å². The highest BCUT2D eigenvalue weighted by Gasteiger charge is 2.00. The van der Waals surface area contributed by atoms with Gasteiger partial charge < -0.3 is 11.1 Å². The van der Waals surface area contributed by atoms with Crippen molar-refractivity contribution in [3.8, 4) is 0 Å². The fourth-order valence-electron chi connectivity index (χ4n) is 0.905. The lowest BCUT2D eigenvalue weighted by Gasteiger charge is -2.06. The summed E-state index contributed by atoms with van der Waals surface area (Å²) in [4.78, 5) is 11.1. The molecule has 0 saturated carbocycles. The van der Waals surface area contributed by atoms with Crippen LogP contribution in [0.4, 0.5) is 0 Å². The summed E-state index contributed by atoms with van der Waals surface area (Å²) in [5.74, 6) is 1.20. The molecule has 0 aliphatic carbocycles. The van der Waals surface area contributed by atoms with Crippen molar-refractivity contribution in [2.24, 2.45) is 5.73 Å². The van der Waals surface area contributed by atoms with Crippen molar-refractivity contribution in [2.45, 2.75) is 32.2 Å². The smallest absolute Gasteiger partial charge is 0.220 e. The van der Waals surface area contributed by atoms with Crippen LogP contribution in [0.3, 0.4) is 0 Å². The quantitative estimate of drug-likeness (QED) is 0.608. The fraction of sp³-hybridized carbons (Fsp3) is 0.889. The van der Waals surface area contributed by atoms with E-state index in [1.54, 1.807) is 11.8 Å². The van der Waals surface area contributed by atoms with Crippen molar-refractivity contribution in [3.63, 3.8) is 0 Å². The molecule has 0 bridgehead atoms. The topological polar surface area (TPSA) is 55.1 Å². The lowest BCUT2D eigenvalue weighted by molar-refractivity contribution is -0.121. The van der Waals surface area contributed by atoms with Crippen molar-refractivity contribution >= 4 is 17.7 Å². The first kappa shape index (κ1) is 12.8. The van der Waals surface area contributed by atoms with Crippen molar-refractivity contribution < 1.29 is 4.79 Å². The van der Waals surface area contributed by atoms with E-state index < -0.39 is 0 Å². The first-order chi connectivity index (χ1) is 6.16. The Kier molecular flexibility index (Phi) is 8.24. The van der Waals surface area contributed by atoms with Gasteiger partial charge in [-0.3, -0.25) is 4.79 Å². The summed E-state index contributed by atoms with van der Waals surface area (Å²) < 4.78 is 0. The molecule has 1 atom stereocenters. The SMILES string of the molecule is CSCCCC(=O)NCCC(C)N. The van der Waals surface area contributed by atoms with Gasteiger partial charge in [0.1, 0.15) is 0 Å². The minimum Gasteiger partial charge on any atom is -0.356 e. The van der Waals surface area contributed by atoms with Crippen molar-refractivity contribution in [2.75, 3.05) is 18.6 Å². The van der Waals surface area contributed by atoms with Gasteiger partial charge in [-0.05, 0) is 31.8 Å². The Balaban J connectivity index is 3.20. The van der Waals surface area contributed by atoms with Gasteiger partial charge in [-0.25, -0.2) is 0 Å². The Morgan fingerprint density at radius 3 is 2.85 bits per heavy atom. The van der Waals surface area contributed by atoms with Crippen LogP contribution in [0.5, 0.6) is 0 Å². The van der Waals surface area contributed by atoms with Crippen LogP contribution in [-0.4, -0.2) is 30.5 Å². The zero-order valence-electron chi connectivity index (χ0n) is 8.51. The molecule has 0 saturated heterocycles. The number of hydrogen-bond acceptors (Lipinski definition) is 3. The van der Waals surface area contributed by atoms with E-state index in [1.165, 1.54) is 0 Å². The molecule has 0 aromatic heterocycles. The highest BCUT2D eigenvalue weighted by molar-refractivity contribution is 7.98. The second kappa shape index (κ2) is 8.38. The van der Waals surface area contributed by atoms with Crippen LogP contribution in [0.2, 0.25) is 0 Å². The maximum absolute atomic E-state index is 11.1.